The third-order valence-corrected chi connectivity index (χ3v) is 2.63. The molecule has 98 valence electrons. The molecule has 1 aromatic rings. The van der Waals surface area contributed by atoms with Gasteiger partial charge in [0.25, 0.3) is 0 Å². The van der Waals surface area contributed by atoms with Crippen LogP contribution in [0.3, 0.4) is 0 Å². The fraction of sp³-hybridized carbons (Fsp3) is 0.500. The molecular formula is C12H20ClNO3. The molecule has 5 heteroatoms. The fourth-order valence-corrected chi connectivity index (χ4v) is 1.64. The standard InChI is InChI=1S/C12H19NO3.ClH/c1-4-9(14)11(13)8-6-5-7-10(15-2)12(8)16-3;/h5-7,9,11,14H,4,13H2,1-3H3;1H/t9-,11+;/m1./s1. The second-order valence-electron chi connectivity index (χ2n) is 3.58. The Morgan fingerprint density at radius 2 is 1.94 bits per heavy atom. The van der Waals surface area contributed by atoms with Gasteiger partial charge in [-0.2, -0.15) is 0 Å². The maximum absolute atomic E-state index is 9.74. The summed E-state index contributed by atoms with van der Waals surface area (Å²) in [6.07, 6.45) is 0.0163. The largest absolute Gasteiger partial charge is 0.493 e. The van der Waals surface area contributed by atoms with Crippen molar-refractivity contribution < 1.29 is 14.6 Å². The van der Waals surface area contributed by atoms with Crippen molar-refractivity contribution in [2.24, 2.45) is 5.73 Å². The molecule has 0 bridgehead atoms. The van der Waals surface area contributed by atoms with Gasteiger partial charge < -0.3 is 20.3 Å². The number of hydrogen-bond donors (Lipinski definition) is 2. The predicted molar refractivity (Wildman–Crippen MR) is 70.0 cm³/mol. The van der Waals surface area contributed by atoms with Crippen molar-refractivity contribution in [3.63, 3.8) is 0 Å². The second kappa shape index (κ2) is 7.37. The summed E-state index contributed by atoms with van der Waals surface area (Å²) >= 11 is 0. The molecule has 0 saturated carbocycles. The number of para-hydroxylation sites is 1. The van der Waals surface area contributed by atoms with Crippen molar-refractivity contribution in [3.05, 3.63) is 23.8 Å². The number of nitrogens with two attached hydrogens (primary N) is 1. The van der Waals surface area contributed by atoms with E-state index in [0.29, 0.717) is 17.9 Å². The minimum atomic E-state index is -0.582. The van der Waals surface area contributed by atoms with Gasteiger partial charge in [0.05, 0.1) is 26.4 Å². The van der Waals surface area contributed by atoms with Crippen LogP contribution in [-0.2, 0) is 0 Å². The maximum Gasteiger partial charge on any atom is 0.165 e. The van der Waals surface area contributed by atoms with E-state index in [4.69, 9.17) is 15.2 Å². The topological polar surface area (TPSA) is 64.7 Å². The summed E-state index contributed by atoms with van der Waals surface area (Å²) < 4.78 is 10.4. The normalized spacial score (nSPS) is 13.5. The summed E-state index contributed by atoms with van der Waals surface area (Å²) in [7, 11) is 3.13. The van der Waals surface area contributed by atoms with E-state index < -0.39 is 12.1 Å². The molecule has 0 aliphatic carbocycles. The highest BCUT2D eigenvalue weighted by atomic mass is 35.5. The van der Waals surface area contributed by atoms with Crippen molar-refractivity contribution >= 4 is 12.4 Å². The smallest absolute Gasteiger partial charge is 0.165 e. The molecule has 0 fully saturated rings. The van der Waals surface area contributed by atoms with Crippen LogP contribution in [0.15, 0.2) is 18.2 Å². The molecule has 0 aromatic heterocycles. The first-order valence-electron chi connectivity index (χ1n) is 5.30. The lowest BCUT2D eigenvalue weighted by Crippen LogP contribution is -2.25. The third-order valence-electron chi connectivity index (χ3n) is 2.63. The Bertz CT molecular complexity index is 347. The van der Waals surface area contributed by atoms with Gasteiger partial charge in [-0.25, -0.2) is 0 Å². The molecule has 17 heavy (non-hydrogen) atoms. The maximum atomic E-state index is 9.74. The number of methoxy groups -OCH3 is 2. The molecule has 0 amide bonds. The average Bonchev–Trinajstić information content (AvgIpc) is 2.35. The molecule has 2 atom stereocenters. The van der Waals surface area contributed by atoms with E-state index in [9.17, 15) is 5.11 Å². The molecule has 4 nitrogen and oxygen atoms in total. The lowest BCUT2D eigenvalue weighted by Gasteiger charge is -2.21. The van der Waals surface area contributed by atoms with Crippen LogP contribution in [0.2, 0.25) is 0 Å². The Morgan fingerprint density at radius 3 is 2.41 bits per heavy atom. The summed E-state index contributed by atoms with van der Waals surface area (Å²) in [4.78, 5) is 0. The van der Waals surface area contributed by atoms with Gasteiger partial charge in [-0.15, -0.1) is 12.4 Å². The van der Waals surface area contributed by atoms with Crippen LogP contribution < -0.4 is 15.2 Å². The lowest BCUT2D eigenvalue weighted by molar-refractivity contribution is 0.139. The number of aliphatic hydroxyl groups is 1. The molecule has 0 saturated heterocycles. The van der Waals surface area contributed by atoms with Gasteiger partial charge in [0.1, 0.15) is 0 Å². The summed E-state index contributed by atoms with van der Waals surface area (Å²) in [6.45, 7) is 1.89. The van der Waals surface area contributed by atoms with E-state index in [1.54, 1.807) is 20.3 Å². The van der Waals surface area contributed by atoms with Gasteiger partial charge in [-0.1, -0.05) is 19.1 Å². The molecule has 0 radical (unpaired) electrons. The first kappa shape index (κ1) is 16.0. The Kier molecular flexibility index (Phi) is 6.95. The van der Waals surface area contributed by atoms with Gasteiger partial charge in [0.15, 0.2) is 11.5 Å². The number of aliphatic hydroxyl groups excluding tert-OH is 1. The minimum Gasteiger partial charge on any atom is -0.493 e. The quantitative estimate of drug-likeness (QED) is 0.850. The van der Waals surface area contributed by atoms with E-state index in [1.165, 1.54) is 0 Å². The van der Waals surface area contributed by atoms with E-state index >= 15 is 0 Å². The number of ether oxygens (including phenoxy) is 2. The van der Waals surface area contributed by atoms with Crippen LogP contribution in [0.4, 0.5) is 0 Å². The molecule has 1 aromatic carbocycles. The Balaban J connectivity index is 0.00000256. The van der Waals surface area contributed by atoms with Crippen LogP contribution in [0.1, 0.15) is 24.9 Å². The molecule has 0 aliphatic rings. The van der Waals surface area contributed by atoms with Gasteiger partial charge in [0, 0.05) is 5.56 Å². The van der Waals surface area contributed by atoms with Gasteiger partial charge >= 0.3 is 0 Å². The predicted octanol–water partition coefficient (Wildman–Crippen LogP) is 1.90. The van der Waals surface area contributed by atoms with Crippen LogP contribution in [0.25, 0.3) is 0 Å². The van der Waals surface area contributed by atoms with Crippen LogP contribution in [0, 0.1) is 0 Å². The molecule has 1 rings (SSSR count). The summed E-state index contributed by atoms with van der Waals surface area (Å²) in [5.41, 5.74) is 6.72. The Hall–Kier alpha value is -0.970. The Morgan fingerprint density at radius 1 is 1.29 bits per heavy atom. The summed E-state index contributed by atoms with van der Waals surface area (Å²) in [5, 5.41) is 9.74. The molecule has 0 heterocycles. The highest BCUT2D eigenvalue weighted by molar-refractivity contribution is 5.85. The molecule has 0 unspecified atom stereocenters. The third kappa shape index (κ3) is 3.49. The fourth-order valence-electron chi connectivity index (χ4n) is 1.64. The van der Waals surface area contributed by atoms with Gasteiger partial charge in [-0.3, -0.25) is 0 Å². The van der Waals surface area contributed by atoms with Crippen LogP contribution in [-0.4, -0.2) is 25.4 Å². The van der Waals surface area contributed by atoms with Crippen molar-refractivity contribution in [1.82, 2.24) is 0 Å². The second-order valence-corrected chi connectivity index (χ2v) is 3.58. The van der Waals surface area contributed by atoms with Crippen LogP contribution in [0.5, 0.6) is 11.5 Å². The highest BCUT2D eigenvalue weighted by Crippen LogP contribution is 2.35. The van der Waals surface area contributed by atoms with E-state index in [0.717, 1.165) is 5.56 Å². The zero-order valence-corrected chi connectivity index (χ0v) is 11.2. The van der Waals surface area contributed by atoms with E-state index in [2.05, 4.69) is 0 Å². The van der Waals surface area contributed by atoms with Crippen molar-refractivity contribution in [2.75, 3.05) is 14.2 Å². The van der Waals surface area contributed by atoms with Gasteiger partial charge in [0.2, 0.25) is 0 Å². The highest BCUT2D eigenvalue weighted by Gasteiger charge is 2.20. The Labute approximate surface area is 108 Å². The van der Waals surface area contributed by atoms with E-state index in [-0.39, 0.29) is 12.4 Å². The molecule has 0 spiro atoms. The number of benzene rings is 1. The summed E-state index contributed by atoms with van der Waals surface area (Å²) in [5.74, 6) is 1.21. The zero-order valence-electron chi connectivity index (χ0n) is 10.3. The SMILES string of the molecule is CC[C@@H](O)[C@@H](N)c1cccc(OC)c1OC.Cl. The monoisotopic (exact) mass is 261 g/mol. The molecule has 0 aliphatic heterocycles. The van der Waals surface area contributed by atoms with Crippen molar-refractivity contribution in [2.45, 2.75) is 25.5 Å². The molecular weight excluding hydrogens is 242 g/mol. The van der Waals surface area contributed by atoms with Gasteiger partial charge in [-0.05, 0) is 12.5 Å². The molecule has 3 N–H and O–H groups in total. The number of hydrogen-bond acceptors (Lipinski definition) is 4. The number of rotatable bonds is 5. The van der Waals surface area contributed by atoms with E-state index in [1.807, 2.05) is 19.1 Å². The zero-order chi connectivity index (χ0) is 12.1. The summed E-state index contributed by atoms with van der Waals surface area (Å²) in [6, 6.07) is 5.01. The first-order valence-corrected chi connectivity index (χ1v) is 5.30. The van der Waals surface area contributed by atoms with Crippen LogP contribution >= 0.6 is 12.4 Å². The minimum absolute atomic E-state index is 0. The van der Waals surface area contributed by atoms with Crippen molar-refractivity contribution in [3.8, 4) is 11.5 Å². The number of halogens is 1. The van der Waals surface area contributed by atoms with Crippen molar-refractivity contribution in [1.29, 1.82) is 0 Å². The average molecular weight is 262 g/mol. The lowest BCUT2D eigenvalue weighted by atomic mass is 9.99. The first-order chi connectivity index (χ1) is 7.65.